The number of piperidine rings is 1. The summed E-state index contributed by atoms with van der Waals surface area (Å²) >= 11 is 1.48. The fraction of sp³-hybridized carbons (Fsp3) is 0.250. The van der Waals surface area contributed by atoms with E-state index in [4.69, 9.17) is 0 Å². The molecule has 0 spiro atoms. The van der Waals surface area contributed by atoms with Crippen LogP contribution in [0.5, 0.6) is 0 Å². The van der Waals surface area contributed by atoms with E-state index in [1.807, 2.05) is 6.07 Å². The molecule has 0 bridgehead atoms. The van der Waals surface area contributed by atoms with Crippen LogP contribution in [0, 0.1) is 5.82 Å². The van der Waals surface area contributed by atoms with Crippen LogP contribution in [0.2, 0.25) is 0 Å². The van der Waals surface area contributed by atoms with Gasteiger partial charge in [0.15, 0.2) is 0 Å². The molecule has 0 N–H and O–H groups in total. The average Bonchev–Trinajstić information content (AvgIpc) is 2.67. The van der Waals surface area contributed by atoms with Crippen LogP contribution in [0.1, 0.15) is 18.5 Å². The Kier molecular flexibility index (Phi) is 4.94. The number of rotatable bonds is 4. The van der Waals surface area contributed by atoms with Gasteiger partial charge in [-0.25, -0.2) is 9.37 Å². The maximum atomic E-state index is 13.5. The number of carbonyl (C=O) groups is 1. The summed E-state index contributed by atoms with van der Waals surface area (Å²) in [7, 11) is 0. The van der Waals surface area contributed by atoms with Gasteiger partial charge in [0, 0.05) is 30.2 Å². The van der Waals surface area contributed by atoms with Crippen molar-refractivity contribution in [2.75, 3.05) is 11.4 Å². The van der Waals surface area contributed by atoms with E-state index < -0.39 is 0 Å². The minimum Gasteiger partial charge on any atom is -0.311 e. The van der Waals surface area contributed by atoms with E-state index in [9.17, 15) is 14.0 Å². The molecule has 1 aromatic carbocycles. The molecule has 1 amide bonds. The highest BCUT2D eigenvalue weighted by Crippen LogP contribution is 2.29. The molecule has 5 nitrogen and oxygen atoms in total. The molecule has 0 saturated carbocycles. The molecule has 2 aromatic heterocycles. The van der Waals surface area contributed by atoms with Crippen LogP contribution in [-0.4, -0.2) is 27.1 Å². The molecule has 1 atom stereocenters. The van der Waals surface area contributed by atoms with Crippen LogP contribution in [0.3, 0.4) is 0 Å². The van der Waals surface area contributed by atoms with Gasteiger partial charge in [0.2, 0.25) is 5.91 Å². The molecule has 1 aliphatic heterocycles. The van der Waals surface area contributed by atoms with Gasteiger partial charge in [0.05, 0.1) is 10.9 Å². The first-order chi connectivity index (χ1) is 13.1. The zero-order valence-corrected chi connectivity index (χ0v) is 15.4. The van der Waals surface area contributed by atoms with E-state index in [0.717, 1.165) is 12.8 Å². The summed E-state index contributed by atoms with van der Waals surface area (Å²) in [6, 6.07) is 13.0. The predicted molar refractivity (Wildman–Crippen MR) is 105 cm³/mol. The minimum absolute atomic E-state index is 0.0191. The lowest BCUT2D eigenvalue weighted by atomic mass is 10.1. The van der Waals surface area contributed by atoms with E-state index in [0.29, 0.717) is 29.3 Å². The molecule has 3 aromatic rings. The molecular weight excluding hydrogens is 365 g/mol. The van der Waals surface area contributed by atoms with Gasteiger partial charge in [-0.15, -0.1) is 11.8 Å². The lowest BCUT2D eigenvalue weighted by Gasteiger charge is -2.32. The Morgan fingerprint density at radius 3 is 2.89 bits per heavy atom. The van der Waals surface area contributed by atoms with Crippen LogP contribution < -0.4 is 10.5 Å². The van der Waals surface area contributed by atoms with Crippen LogP contribution in [0.4, 0.5) is 10.1 Å². The molecule has 0 unspecified atom stereocenters. The van der Waals surface area contributed by atoms with Crippen molar-refractivity contribution in [3.8, 4) is 0 Å². The summed E-state index contributed by atoms with van der Waals surface area (Å²) in [5.41, 5.74) is 1.71. The summed E-state index contributed by atoms with van der Waals surface area (Å²) in [6.07, 6.45) is 3.30. The number of pyridine rings is 1. The number of hydrogen-bond acceptors (Lipinski definition) is 4. The largest absolute Gasteiger partial charge is 0.311 e. The quantitative estimate of drug-likeness (QED) is 0.694. The molecule has 0 radical (unpaired) electrons. The lowest BCUT2D eigenvalue weighted by molar-refractivity contribution is -0.119. The monoisotopic (exact) mass is 383 g/mol. The number of anilines is 1. The summed E-state index contributed by atoms with van der Waals surface area (Å²) < 4.78 is 15.0. The van der Waals surface area contributed by atoms with E-state index in [1.165, 1.54) is 34.4 Å². The third kappa shape index (κ3) is 3.73. The number of fused-ring (bicyclic) bond motifs is 1. The Bertz CT molecular complexity index is 1050. The second-order valence-corrected chi connectivity index (χ2v) is 7.62. The average molecular weight is 383 g/mol. The van der Waals surface area contributed by atoms with Gasteiger partial charge >= 0.3 is 0 Å². The maximum absolute atomic E-state index is 13.5. The standard InChI is InChI=1S/C20H18FN3O2S/c21-14-5-3-6-16(11-14)23-10-4-7-17(20(23)26)27-13-15-12-19(25)24-9-2-1-8-18(24)22-15/h1-3,5-6,8-9,11-12,17H,4,7,10,13H2/t17-/m0/s1. The molecule has 1 aliphatic rings. The number of amides is 1. The molecule has 138 valence electrons. The van der Waals surface area contributed by atoms with Gasteiger partial charge in [-0.05, 0) is 43.2 Å². The van der Waals surface area contributed by atoms with Crippen LogP contribution in [0.15, 0.2) is 59.5 Å². The summed E-state index contributed by atoms with van der Waals surface area (Å²) in [5, 5.41) is -0.224. The second kappa shape index (κ2) is 7.52. The van der Waals surface area contributed by atoms with Crippen LogP contribution >= 0.6 is 11.8 Å². The third-order valence-electron chi connectivity index (χ3n) is 4.57. The van der Waals surface area contributed by atoms with Crippen LogP contribution in [-0.2, 0) is 10.5 Å². The summed E-state index contributed by atoms with van der Waals surface area (Å²) in [6.45, 7) is 0.592. The van der Waals surface area contributed by atoms with E-state index in [-0.39, 0.29) is 22.5 Å². The number of aromatic nitrogens is 2. The molecule has 3 heterocycles. The molecule has 0 aliphatic carbocycles. The number of hydrogen-bond donors (Lipinski definition) is 0. The van der Waals surface area contributed by atoms with E-state index in [1.54, 1.807) is 35.4 Å². The van der Waals surface area contributed by atoms with Crippen molar-refractivity contribution in [1.29, 1.82) is 0 Å². The number of nitrogens with zero attached hydrogens (tertiary/aromatic N) is 3. The van der Waals surface area contributed by atoms with E-state index >= 15 is 0 Å². The topological polar surface area (TPSA) is 54.7 Å². The highest BCUT2D eigenvalue weighted by atomic mass is 32.2. The maximum Gasteiger partial charge on any atom is 0.258 e. The molecule has 4 rings (SSSR count). The van der Waals surface area contributed by atoms with Crippen LogP contribution in [0.25, 0.3) is 5.65 Å². The predicted octanol–water partition coefficient (Wildman–Crippen LogP) is 3.26. The van der Waals surface area contributed by atoms with Gasteiger partial charge in [-0.1, -0.05) is 12.1 Å². The number of halogens is 1. The normalized spacial score (nSPS) is 17.4. The third-order valence-corrected chi connectivity index (χ3v) is 5.87. The zero-order valence-electron chi connectivity index (χ0n) is 14.5. The number of carbonyl (C=O) groups excluding carboxylic acids is 1. The Morgan fingerprint density at radius 2 is 2.04 bits per heavy atom. The molecule has 27 heavy (non-hydrogen) atoms. The first-order valence-electron chi connectivity index (χ1n) is 8.78. The SMILES string of the molecule is O=C1[C@@H](SCc2cc(=O)n3ccccc3n2)CCCN1c1cccc(F)c1. The number of thioether (sulfide) groups is 1. The fourth-order valence-electron chi connectivity index (χ4n) is 3.26. The lowest BCUT2D eigenvalue weighted by Crippen LogP contribution is -2.43. The Balaban J connectivity index is 1.49. The van der Waals surface area contributed by atoms with Crippen molar-refractivity contribution in [1.82, 2.24) is 9.38 Å². The van der Waals surface area contributed by atoms with Gasteiger partial charge in [0.1, 0.15) is 11.5 Å². The van der Waals surface area contributed by atoms with Crippen molar-refractivity contribution in [3.05, 3.63) is 76.6 Å². The zero-order chi connectivity index (χ0) is 18.8. The van der Waals surface area contributed by atoms with Crippen molar-refractivity contribution < 1.29 is 9.18 Å². The smallest absolute Gasteiger partial charge is 0.258 e. The molecule has 7 heteroatoms. The van der Waals surface area contributed by atoms with Crippen molar-refractivity contribution in [2.45, 2.75) is 23.8 Å². The van der Waals surface area contributed by atoms with Gasteiger partial charge in [0.25, 0.3) is 5.56 Å². The molecule has 1 fully saturated rings. The van der Waals surface area contributed by atoms with Gasteiger partial charge in [-0.2, -0.15) is 0 Å². The van der Waals surface area contributed by atoms with Crippen molar-refractivity contribution in [3.63, 3.8) is 0 Å². The molecular formula is C20H18FN3O2S. The van der Waals surface area contributed by atoms with E-state index in [2.05, 4.69) is 4.98 Å². The highest BCUT2D eigenvalue weighted by molar-refractivity contribution is 7.99. The molecule has 1 saturated heterocycles. The van der Waals surface area contributed by atoms with Gasteiger partial charge in [-0.3, -0.25) is 14.0 Å². The minimum atomic E-state index is -0.351. The Hall–Kier alpha value is -2.67. The Labute approximate surface area is 159 Å². The summed E-state index contributed by atoms with van der Waals surface area (Å²) in [5.74, 6) is 0.110. The second-order valence-electron chi connectivity index (χ2n) is 6.43. The number of benzene rings is 1. The highest BCUT2D eigenvalue weighted by Gasteiger charge is 2.30. The first kappa shape index (κ1) is 17.7. The van der Waals surface area contributed by atoms with Crippen molar-refractivity contribution in [2.24, 2.45) is 0 Å². The van der Waals surface area contributed by atoms with Crippen molar-refractivity contribution >= 4 is 29.0 Å². The Morgan fingerprint density at radius 1 is 1.15 bits per heavy atom. The summed E-state index contributed by atoms with van der Waals surface area (Å²) in [4.78, 5) is 31.2. The van der Waals surface area contributed by atoms with Gasteiger partial charge < -0.3 is 4.90 Å². The first-order valence-corrected chi connectivity index (χ1v) is 9.82. The fourth-order valence-corrected chi connectivity index (χ4v) is 4.38.